The molecule has 27 heavy (non-hydrogen) atoms. The first-order valence-corrected chi connectivity index (χ1v) is 8.50. The highest BCUT2D eigenvalue weighted by Gasteiger charge is 2.15. The Morgan fingerprint density at radius 1 is 1.07 bits per heavy atom. The van der Waals surface area contributed by atoms with Gasteiger partial charge >= 0.3 is 6.03 Å². The van der Waals surface area contributed by atoms with E-state index in [-0.39, 0.29) is 36.6 Å². The number of nitrogens with zero attached hydrogens (tertiary/aromatic N) is 1. The maximum atomic E-state index is 12.1. The number of para-hydroxylation sites is 1. The van der Waals surface area contributed by atoms with Crippen molar-refractivity contribution in [3.05, 3.63) is 69.8 Å². The van der Waals surface area contributed by atoms with Crippen molar-refractivity contribution in [1.82, 2.24) is 10.6 Å². The highest BCUT2D eigenvalue weighted by molar-refractivity contribution is 5.89. The van der Waals surface area contributed by atoms with Gasteiger partial charge in [-0.1, -0.05) is 30.3 Å². The lowest BCUT2D eigenvalue weighted by atomic mass is 10.1. The van der Waals surface area contributed by atoms with E-state index in [4.69, 9.17) is 0 Å². The fraction of sp³-hybridized carbons (Fsp3) is 0.263. The maximum Gasteiger partial charge on any atom is 0.319 e. The Labute approximate surface area is 157 Å². The van der Waals surface area contributed by atoms with Gasteiger partial charge in [0.2, 0.25) is 5.91 Å². The molecule has 0 aromatic heterocycles. The van der Waals surface area contributed by atoms with Crippen LogP contribution in [0.2, 0.25) is 0 Å². The van der Waals surface area contributed by atoms with E-state index in [1.165, 1.54) is 6.07 Å². The Morgan fingerprint density at radius 3 is 2.37 bits per heavy atom. The van der Waals surface area contributed by atoms with Crippen molar-refractivity contribution in [2.75, 3.05) is 5.32 Å². The Kier molecular flexibility index (Phi) is 6.87. The Hall–Kier alpha value is -3.42. The van der Waals surface area contributed by atoms with Gasteiger partial charge in [0, 0.05) is 29.9 Å². The topological polar surface area (TPSA) is 113 Å². The lowest BCUT2D eigenvalue weighted by Crippen LogP contribution is -2.34. The molecule has 0 aliphatic heterocycles. The SMILES string of the molecule is CC(C)NC(=O)Nc1ccc(CNC(=O)Cc2ccccc2[N+](=O)[O-])cc1. The molecule has 2 rings (SSSR count). The quantitative estimate of drug-likeness (QED) is 0.513. The molecule has 0 unspecified atom stereocenters. The van der Waals surface area contributed by atoms with Gasteiger partial charge in [-0.3, -0.25) is 14.9 Å². The van der Waals surface area contributed by atoms with Gasteiger partial charge in [0.1, 0.15) is 0 Å². The van der Waals surface area contributed by atoms with Crippen molar-refractivity contribution < 1.29 is 14.5 Å². The smallest absolute Gasteiger partial charge is 0.319 e. The second kappa shape index (κ2) is 9.33. The summed E-state index contributed by atoms with van der Waals surface area (Å²) in [7, 11) is 0. The standard InChI is InChI=1S/C19H22N4O4/c1-13(2)21-19(25)22-16-9-7-14(8-10-16)12-20-18(24)11-15-5-3-4-6-17(15)23(26)27/h3-10,13H,11-12H2,1-2H3,(H,20,24)(H2,21,22,25). The predicted molar refractivity (Wildman–Crippen MR) is 102 cm³/mol. The summed E-state index contributed by atoms with van der Waals surface area (Å²) < 4.78 is 0. The van der Waals surface area contributed by atoms with Crippen LogP contribution in [0, 0.1) is 10.1 Å². The molecule has 0 atom stereocenters. The minimum Gasteiger partial charge on any atom is -0.352 e. The molecule has 3 amide bonds. The molecule has 0 radical (unpaired) electrons. The number of carbonyl (C=O) groups is 2. The summed E-state index contributed by atoms with van der Waals surface area (Å²) in [5.41, 5.74) is 1.79. The third-order valence-electron chi connectivity index (χ3n) is 3.66. The van der Waals surface area contributed by atoms with Crippen molar-refractivity contribution in [2.24, 2.45) is 0 Å². The number of urea groups is 1. The average molecular weight is 370 g/mol. The van der Waals surface area contributed by atoms with Gasteiger partial charge in [0.25, 0.3) is 5.69 Å². The van der Waals surface area contributed by atoms with Gasteiger partial charge in [-0.05, 0) is 31.5 Å². The van der Waals surface area contributed by atoms with E-state index in [0.29, 0.717) is 11.3 Å². The van der Waals surface area contributed by atoms with Crippen LogP contribution in [-0.2, 0) is 17.8 Å². The lowest BCUT2D eigenvalue weighted by molar-refractivity contribution is -0.385. The fourth-order valence-corrected chi connectivity index (χ4v) is 2.41. The molecule has 0 aliphatic carbocycles. The van der Waals surface area contributed by atoms with E-state index >= 15 is 0 Å². The van der Waals surface area contributed by atoms with Gasteiger partial charge in [0.05, 0.1) is 11.3 Å². The zero-order chi connectivity index (χ0) is 19.8. The van der Waals surface area contributed by atoms with Crippen LogP contribution in [0.4, 0.5) is 16.2 Å². The van der Waals surface area contributed by atoms with Gasteiger partial charge in [-0.25, -0.2) is 4.79 Å². The summed E-state index contributed by atoms with van der Waals surface area (Å²) in [5.74, 6) is -0.303. The van der Waals surface area contributed by atoms with Crippen molar-refractivity contribution in [3.63, 3.8) is 0 Å². The monoisotopic (exact) mass is 370 g/mol. The summed E-state index contributed by atoms with van der Waals surface area (Å²) in [6.07, 6.45) is -0.0633. The third kappa shape index (κ3) is 6.43. The van der Waals surface area contributed by atoms with Crippen LogP contribution in [0.3, 0.4) is 0 Å². The van der Waals surface area contributed by atoms with Crippen molar-refractivity contribution >= 4 is 23.3 Å². The molecule has 2 aromatic carbocycles. The summed E-state index contributed by atoms with van der Waals surface area (Å²) in [4.78, 5) is 34.2. The molecule has 0 aliphatic rings. The number of carbonyl (C=O) groups excluding carboxylic acids is 2. The van der Waals surface area contributed by atoms with Crippen LogP contribution < -0.4 is 16.0 Å². The van der Waals surface area contributed by atoms with E-state index in [9.17, 15) is 19.7 Å². The van der Waals surface area contributed by atoms with Crippen LogP contribution in [0.1, 0.15) is 25.0 Å². The van der Waals surface area contributed by atoms with Crippen LogP contribution in [0.25, 0.3) is 0 Å². The number of nitrogens with one attached hydrogen (secondary N) is 3. The predicted octanol–water partition coefficient (Wildman–Crippen LogP) is 2.98. The molecule has 0 fully saturated rings. The molecule has 3 N–H and O–H groups in total. The van der Waals surface area contributed by atoms with E-state index in [0.717, 1.165) is 5.56 Å². The van der Waals surface area contributed by atoms with E-state index < -0.39 is 4.92 Å². The fourth-order valence-electron chi connectivity index (χ4n) is 2.41. The summed E-state index contributed by atoms with van der Waals surface area (Å²) in [6.45, 7) is 4.03. The number of hydrogen-bond donors (Lipinski definition) is 3. The minimum absolute atomic E-state index is 0.0416. The normalized spacial score (nSPS) is 10.3. The Bertz CT molecular complexity index is 819. The molecule has 0 spiro atoms. The zero-order valence-corrected chi connectivity index (χ0v) is 15.2. The number of benzene rings is 2. The number of amides is 3. The van der Waals surface area contributed by atoms with Crippen LogP contribution in [0.15, 0.2) is 48.5 Å². The second-order valence-corrected chi connectivity index (χ2v) is 6.29. The Balaban J connectivity index is 1.87. The van der Waals surface area contributed by atoms with Gasteiger partial charge in [-0.2, -0.15) is 0 Å². The van der Waals surface area contributed by atoms with Crippen molar-refractivity contribution in [1.29, 1.82) is 0 Å². The molecular weight excluding hydrogens is 348 g/mol. The largest absolute Gasteiger partial charge is 0.352 e. The van der Waals surface area contributed by atoms with Crippen LogP contribution in [-0.4, -0.2) is 22.9 Å². The van der Waals surface area contributed by atoms with Crippen LogP contribution in [0.5, 0.6) is 0 Å². The lowest BCUT2D eigenvalue weighted by Gasteiger charge is -2.11. The first-order chi connectivity index (χ1) is 12.8. The number of rotatable bonds is 7. The number of anilines is 1. The molecule has 2 aromatic rings. The summed E-state index contributed by atoms with van der Waals surface area (Å²) >= 11 is 0. The molecule has 0 bridgehead atoms. The maximum absolute atomic E-state index is 12.1. The average Bonchev–Trinajstić information content (AvgIpc) is 2.60. The second-order valence-electron chi connectivity index (χ2n) is 6.29. The van der Waals surface area contributed by atoms with E-state index in [1.807, 2.05) is 13.8 Å². The summed E-state index contributed by atoms with van der Waals surface area (Å²) in [5, 5.41) is 19.2. The molecule has 8 heteroatoms. The first-order valence-electron chi connectivity index (χ1n) is 8.50. The molecule has 8 nitrogen and oxygen atoms in total. The Morgan fingerprint density at radius 2 is 1.74 bits per heavy atom. The molecular formula is C19H22N4O4. The van der Waals surface area contributed by atoms with Crippen molar-refractivity contribution in [3.8, 4) is 0 Å². The van der Waals surface area contributed by atoms with Crippen LogP contribution >= 0.6 is 0 Å². The molecule has 0 saturated carbocycles. The van der Waals surface area contributed by atoms with Gasteiger partial charge in [0.15, 0.2) is 0 Å². The molecule has 0 heterocycles. The van der Waals surface area contributed by atoms with Crippen molar-refractivity contribution in [2.45, 2.75) is 32.9 Å². The summed E-state index contributed by atoms with van der Waals surface area (Å²) in [6, 6.07) is 13.0. The van der Waals surface area contributed by atoms with Gasteiger partial charge < -0.3 is 16.0 Å². The minimum atomic E-state index is -0.496. The number of nitro benzene ring substituents is 1. The highest BCUT2D eigenvalue weighted by Crippen LogP contribution is 2.18. The van der Waals surface area contributed by atoms with E-state index in [1.54, 1.807) is 42.5 Å². The molecule has 0 saturated heterocycles. The molecule has 142 valence electrons. The number of nitro groups is 1. The zero-order valence-electron chi connectivity index (χ0n) is 15.2. The highest BCUT2D eigenvalue weighted by atomic mass is 16.6. The number of hydrogen-bond acceptors (Lipinski definition) is 4. The van der Waals surface area contributed by atoms with Gasteiger partial charge in [-0.15, -0.1) is 0 Å². The third-order valence-corrected chi connectivity index (χ3v) is 3.66. The first kappa shape index (κ1) is 19.9. The van der Waals surface area contributed by atoms with E-state index in [2.05, 4.69) is 16.0 Å².